The minimum absolute atomic E-state index is 0.00445. The van der Waals surface area contributed by atoms with Crippen molar-refractivity contribution < 1.29 is 4.79 Å². The van der Waals surface area contributed by atoms with E-state index in [4.69, 9.17) is 23.2 Å². The second-order valence-electron chi connectivity index (χ2n) is 3.08. The van der Waals surface area contributed by atoms with Crippen LogP contribution in [0.4, 0.5) is 0 Å². The van der Waals surface area contributed by atoms with Gasteiger partial charge in [-0.05, 0) is 11.6 Å². The molecule has 0 spiro atoms. The molecule has 14 heavy (non-hydrogen) atoms. The Morgan fingerprint density at radius 3 is 2.71 bits per heavy atom. The molecule has 6 heteroatoms. The molecule has 1 aromatic heterocycles. The Morgan fingerprint density at radius 2 is 2.07 bits per heavy atom. The zero-order valence-corrected chi connectivity index (χ0v) is 8.93. The van der Waals surface area contributed by atoms with E-state index < -0.39 is 0 Å². The SMILES string of the molecule is CC(=O)N1Cc2nc(Cl)nc(Cl)c2C1. The van der Waals surface area contributed by atoms with Gasteiger partial charge in [-0.1, -0.05) is 11.6 Å². The minimum atomic E-state index is -0.00445. The molecule has 1 aliphatic heterocycles. The summed E-state index contributed by atoms with van der Waals surface area (Å²) in [5, 5.41) is 0.461. The highest BCUT2D eigenvalue weighted by molar-refractivity contribution is 6.32. The van der Waals surface area contributed by atoms with E-state index in [1.165, 1.54) is 6.92 Å². The standard InChI is InChI=1S/C8H7Cl2N3O/c1-4(14)13-2-5-6(3-13)11-8(10)12-7(5)9/h2-3H2,1H3. The lowest BCUT2D eigenvalue weighted by atomic mass is 10.3. The Balaban J connectivity index is 2.39. The van der Waals surface area contributed by atoms with Crippen molar-refractivity contribution in [1.29, 1.82) is 0 Å². The molecule has 0 radical (unpaired) electrons. The van der Waals surface area contributed by atoms with Gasteiger partial charge in [-0.25, -0.2) is 9.97 Å². The molecule has 1 amide bonds. The molecular formula is C8H7Cl2N3O. The average Bonchev–Trinajstić information content (AvgIpc) is 2.47. The summed E-state index contributed by atoms with van der Waals surface area (Å²) in [6.45, 7) is 2.45. The molecule has 0 N–H and O–H groups in total. The summed E-state index contributed by atoms with van der Waals surface area (Å²) in [5.41, 5.74) is 1.54. The highest BCUT2D eigenvalue weighted by Gasteiger charge is 2.25. The van der Waals surface area contributed by atoms with E-state index in [-0.39, 0.29) is 11.2 Å². The van der Waals surface area contributed by atoms with Crippen molar-refractivity contribution >= 4 is 29.1 Å². The van der Waals surface area contributed by atoms with Gasteiger partial charge in [0, 0.05) is 12.5 Å². The van der Waals surface area contributed by atoms with Crippen molar-refractivity contribution in [2.45, 2.75) is 20.0 Å². The predicted molar refractivity (Wildman–Crippen MR) is 52.0 cm³/mol. The van der Waals surface area contributed by atoms with Gasteiger partial charge in [0.1, 0.15) is 5.15 Å². The second kappa shape index (κ2) is 3.37. The first-order valence-electron chi connectivity index (χ1n) is 4.04. The lowest BCUT2D eigenvalue weighted by molar-refractivity contribution is -0.129. The van der Waals surface area contributed by atoms with Crippen LogP contribution in [0.15, 0.2) is 0 Å². The molecule has 0 aliphatic carbocycles. The number of nitrogens with zero attached hydrogens (tertiary/aromatic N) is 3. The van der Waals surface area contributed by atoms with Gasteiger partial charge < -0.3 is 4.90 Å². The monoisotopic (exact) mass is 231 g/mol. The molecule has 0 saturated heterocycles. The van der Waals surface area contributed by atoms with E-state index in [1.54, 1.807) is 4.90 Å². The second-order valence-corrected chi connectivity index (χ2v) is 3.78. The molecule has 1 aromatic rings. The number of aromatic nitrogens is 2. The van der Waals surface area contributed by atoms with Crippen LogP contribution in [-0.2, 0) is 17.9 Å². The molecular weight excluding hydrogens is 225 g/mol. The van der Waals surface area contributed by atoms with Crippen molar-refractivity contribution in [2.75, 3.05) is 0 Å². The van der Waals surface area contributed by atoms with Crippen molar-refractivity contribution in [1.82, 2.24) is 14.9 Å². The summed E-state index contributed by atoms with van der Waals surface area (Å²) >= 11 is 11.5. The molecule has 0 fully saturated rings. The Labute approximate surface area is 90.9 Å². The summed E-state index contributed by atoms with van der Waals surface area (Å²) < 4.78 is 0. The first kappa shape index (κ1) is 9.68. The van der Waals surface area contributed by atoms with Gasteiger partial charge in [-0.3, -0.25) is 4.79 Å². The fourth-order valence-corrected chi connectivity index (χ4v) is 1.89. The van der Waals surface area contributed by atoms with Crippen LogP contribution >= 0.6 is 23.2 Å². The van der Waals surface area contributed by atoms with Gasteiger partial charge in [0.2, 0.25) is 11.2 Å². The molecule has 2 heterocycles. The maximum Gasteiger partial charge on any atom is 0.224 e. The predicted octanol–water partition coefficient (Wildman–Crippen LogP) is 1.65. The fourth-order valence-electron chi connectivity index (χ4n) is 1.41. The Bertz CT molecular complexity index is 408. The fraction of sp³-hybridized carbons (Fsp3) is 0.375. The number of hydrogen-bond donors (Lipinski definition) is 0. The minimum Gasteiger partial charge on any atom is -0.333 e. The van der Waals surface area contributed by atoms with E-state index in [2.05, 4.69) is 9.97 Å². The third-order valence-corrected chi connectivity index (χ3v) is 2.63. The number of fused-ring (bicyclic) bond motifs is 1. The van der Waals surface area contributed by atoms with Crippen LogP contribution in [-0.4, -0.2) is 20.8 Å². The van der Waals surface area contributed by atoms with E-state index in [9.17, 15) is 4.79 Å². The summed E-state index contributed by atoms with van der Waals surface area (Å²) in [4.78, 5) is 20.6. The largest absolute Gasteiger partial charge is 0.333 e. The van der Waals surface area contributed by atoms with Crippen molar-refractivity contribution in [2.24, 2.45) is 0 Å². The van der Waals surface area contributed by atoms with Gasteiger partial charge in [0.05, 0.1) is 18.8 Å². The van der Waals surface area contributed by atoms with Crippen molar-refractivity contribution in [3.63, 3.8) is 0 Å². The molecule has 0 saturated carbocycles. The Kier molecular flexibility index (Phi) is 2.33. The summed E-state index contributed by atoms with van der Waals surface area (Å²) in [6.07, 6.45) is 0. The number of carbonyl (C=O) groups is 1. The lowest BCUT2D eigenvalue weighted by Crippen LogP contribution is -2.21. The number of rotatable bonds is 0. The molecule has 2 rings (SSSR count). The molecule has 0 bridgehead atoms. The third-order valence-electron chi connectivity index (χ3n) is 2.15. The zero-order chi connectivity index (χ0) is 10.3. The van der Waals surface area contributed by atoms with Crippen molar-refractivity contribution in [3.8, 4) is 0 Å². The molecule has 0 unspecified atom stereocenters. The highest BCUT2D eigenvalue weighted by Crippen LogP contribution is 2.27. The van der Waals surface area contributed by atoms with E-state index in [0.29, 0.717) is 18.2 Å². The number of carbonyl (C=O) groups excluding carboxylic acids is 1. The summed E-state index contributed by atoms with van der Waals surface area (Å²) in [6, 6.07) is 0. The first-order valence-corrected chi connectivity index (χ1v) is 4.80. The maximum absolute atomic E-state index is 11.1. The van der Waals surface area contributed by atoms with Crippen molar-refractivity contribution in [3.05, 3.63) is 21.7 Å². The molecule has 0 atom stereocenters. The van der Waals surface area contributed by atoms with Gasteiger partial charge in [0.25, 0.3) is 0 Å². The molecule has 4 nitrogen and oxygen atoms in total. The summed E-state index contributed by atoms with van der Waals surface area (Å²) in [7, 11) is 0. The van der Waals surface area contributed by atoms with E-state index >= 15 is 0 Å². The normalized spacial score (nSPS) is 14.4. The lowest BCUT2D eigenvalue weighted by Gasteiger charge is -2.10. The molecule has 74 valence electrons. The first-order chi connectivity index (χ1) is 6.58. The molecule has 1 aliphatic rings. The van der Waals surface area contributed by atoms with Crippen LogP contribution in [0.3, 0.4) is 0 Å². The zero-order valence-electron chi connectivity index (χ0n) is 7.42. The number of amides is 1. The Hall–Kier alpha value is -0.870. The van der Waals surface area contributed by atoms with Crippen LogP contribution in [0.1, 0.15) is 18.2 Å². The van der Waals surface area contributed by atoms with Crippen LogP contribution in [0.25, 0.3) is 0 Å². The van der Waals surface area contributed by atoms with E-state index in [1.807, 2.05) is 0 Å². The van der Waals surface area contributed by atoms with Gasteiger partial charge in [-0.2, -0.15) is 0 Å². The summed E-state index contributed by atoms with van der Waals surface area (Å²) in [5.74, 6) is -0.00445. The average molecular weight is 232 g/mol. The maximum atomic E-state index is 11.1. The number of hydrogen-bond acceptors (Lipinski definition) is 3. The van der Waals surface area contributed by atoms with Gasteiger partial charge in [-0.15, -0.1) is 0 Å². The van der Waals surface area contributed by atoms with Gasteiger partial charge >= 0.3 is 0 Å². The topological polar surface area (TPSA) is 46.1 Å². The number of halogens is 2. The highest BCUT2D eigenvalue weighted by atomic mass is 35.5. The quantitative estimate of drug-likeness (QED) is 0.504. The smallest absolute Gasteiger partial charge is 0.224 e. The Morgan fingerprint density at radius 1 is 1.36 bits per heavy atom. The van der Waals surface area contributed by atoms with Crippen LogP contribution in [0.5, 0.6) is 0 Å². The van der Waals surface area contributed by atoms with Crippen LogP contribution in [0.2, 0.25) is 10.4 Å². The van der Waals surface area contributed by atoms with Crippen LogP contribution in [0, 0.1) is 0 Å². The van der Waals surface area contributed by atoms with Gasteiger partial charge in [0.15, 0.2) is 0 Å². The third kappa shape index (κ3) is 1.55. The van der Waals surface area contributed by atoms with Crippen LogP contribution < -0.4 is 0 Å². The van der Waals surface area contributed by atoms with E-state index in [0.717, 1.165) is 11.3 Å². The molecule has 0 aromatic carbocycles.